The Morgan fingerprint density at radius 1 is 1.33 bits per heavy atom. The maximum absolute atomic E-state index is 12.3. The van der Waals surface area contributed by atoms with Crippen molar-refractivity contribution in [3.63, 3.8) is 0 Å². The Balaban J connectivity index is 1.81. The fourth-order valence-corrected chi connectivity index (χ4v) is 2.71. The molecule has 0 aliphatic rings. The van der Waals surface area contributed by atoms with Gasteiger partial charge in [-0.1, -0.05) is 6.07 Å². The van der Waals surface area contributed by atoms with Crippen molar-refractivity contribution < 1.29 is 19.2 Å². The summed E-state index contributed by atoms with van der Waals surface area (Å²) in [5.74, 6) is -0.634. The molecule has 2 heterocycles. The fraction of sp³-hybridized carbons (Fsp3) is 0.158. The van der Waals surface area contributed by atoms with E-state index in [9.17, 15) is 20.2 Å². The summed E-state index contributed by atoms with van der Waals surface area (Å²) in [4.78, 5) is 22.9. The van der Waals surface area contributed by atoms with Crippen molar-refractivity contribution in [1.82, 2.24) is 4.40 Å². The minimum absolute atomic E-state index is 0.0347. The number of nitro groups is 1. The van der Waals surface area contributed by atoms with Gasteiger partial charge in [0.25, 0.3) is 0 Å². The van der Waals surface area contributed by atoms with Gasteiger partial charge in [-0.15, -0.1) is 0 Å². The van der Waals surface area contributed by atoms with Crippen LogP contribution in [0.3, 0.4) is 0 Å². The predicted molar refractivity (Wildman–Crippen MR) is 95.5 cm³/mol. The van der Waals surface area contributed by atoms with Crippen LogP contribution in [0.4, 0.5) is 5.69 Å². The zero-order chi connectivity index (χ0) is 19.4. The summed E-state index contributed by atoms with van der Waals surface area (Å²) in [6.45, 7) is 1.86. The zero-order valence-electron chi connectivity index (χ0n) is 14.4. The predicted octanol–water partition coefficient (Wildman–Crippen LogP) is 3.47. The lowest BCUT2D eigenvalue weighted by molar-refractivity contribution is -0.385. The van der Waals surface area contributed by atoms with Crippen molar-refractivity contribution in [1.29, 1.82) is 5.26 Å². The van der Waals surface area contributed by atoms with Crippen LogP contribution in [-0.2, 0) is 11.3 Å². The van der Waals surface area contributed by atoms with Crippen LogP contribution >= 0.6 is 0 Å². The quantitative estimate of drug-likeness (QED) is 0.376. The van der Waals surface area contributed by atoms with Crippen LogP contribution in [0.1, 0.15) is 28.4 Å². The lowest BCUT2D eigenvalue weighted by Crippen LogP contribution is -2.07. The topological polar surface area (TPSA) is 107 Å². The van der Waals surface area contributed by atoms with E-state index >= 15 is 0 Å². The van der Waals surface area contributed by atoms with Gasteiger partial charge in [0.15, 0.2) is 5.75 Å². The number of hydrogen-bond acceptors (Lipinski definition) is 6. The minimum atomic E-state index is -0.722. The molecule has 0 spiro atoms. The van der Waals surface area contributed by atoms with Crippen LogP contribution < -0.4 is 4.74 Å². The number of carbonyl (C=O) groups excluding carboxylic acids is 1. The third-order valence-electron chi connectivity index (χ3n) is 3.92. The molecule has 0 radical (unpaired) electrons. The lowest BCUT2D eigenvalue weighted by Gasteiger charge is -2.07. The van der Waals surface area contributed by atoms with Gasteiger partial charge in [0.1, 0.15) is 12.7 Å². The second-order valence-electron chi connectivity index (χ2n) is 5.58. The molecule has 0 fully saturated rings. The standard InChI is InChI=1S/C19H15N3O5/c1-2-26-18-7-6-13(9-17(18)22(24)25)19(23)27-12-14-11-21-8-4-3-5-16(21)15(14)10-20/h3-9,11H,2,12H2,1H3. The Bertz CT molecular complexity index is 1060. The first-order valence-corrected chi connectivity index (χ1v) is 8.12. The second kappa shape index (κ2) is 7.58. The van der Waals surface area contributed by atoms with Crippen molar-refractivity contribution in [2.75, 3.05) is 6.61 Å². The van der Waals surface area contributed by atoms with Gasteiger partial charge in [-0.25, -0.2) is 4.79 Å². The number of carbonyl (C=O) groups is 1. The van der Waals surface area contributed by atoms with Crippen LogP contribution in [0.5, 0.6) is 5.75 Å². The Morgan fingerprint density at radius 2 is 2.15 bits per heavy atom. The van der Waals surface area contributed by atoms with Gasteiger partial charge >= 0.3 is 11.7 Å². The maximum atomic E-state index is 12.3. The summed E-state index contributed by atoms with van der Waals surface area (Å²) in [6, 6.07) is 11.4. The van der Waals surface area contributed by atoms with E-state index in [1.807, 2.05) is 12.1 Å². The van der Waals surface area contributed by atoms with E-state index in [-0.39, 0.29) is 30.2 Å². The molecule has 27 heavy (non-hydrogen) atoms. The first kappa shape index (κ1) is 17.9. The third kappa shape index (κ3) is 3.57. The van der Waals surface area contributed by atoms with Gasteiger partial charge in [0.2, 0.25) is 0 Å². The first-order chi connectivity index (χ1) is 13.0. The van der Waals surface area contributed by atoms with Gasteiger partial charge in [0, 0.05) is 24.0 Å². The SMILES string of the molecule is CCOc1ccc(C(=O)OCc2cn3ccccc3c2C#N)cc1[N+](=O)[O-]. The molecule has 8 nitrogen and oxygen atoms in total. The Labute approximate surface area is 154 Å². The minimum Gasteiger partial charge on any atom is -0.487 e. The molecule has 3 rings (SSSR count). The molecule has 0 aliphatic heterocycles. The van der Waals surface area contributed by atoms with E-state index in [1.54, 1.807) is 29.8 Å². The van der Waals surface area contributed by atoms with E-state index < -0.39 is 10.9 Å². The second-order valence-corrected chi connectivity index (χ2v) is 5.58. The molecule has 0 N–H and O–H groups in total. The molecule has 0 saturated heterocycles. The van der Waals surface area contributed by atoms with Crippen LogP contribution in [-0.4, -0.2) is 21.9 Å². The largest absolute Gasteiger partial charge is 0.487 e. The van der Waals surface area contributed by atoms with Crippen LogP contribution in [0, 0.1) is 21.4 Å². The molecule has 0 aliphatic carbocycles. The number of nitrogens with zero attached hydrogens (tertiary/aromatic N) is 3. The van der Waals surface area contributed by atoms with Gasteiger partial charge in [-0.3, -0.25) is 10.1 Å². The van der Waals surface area contributed by atoms with Crippen LogP contribution in [0.15, 0.2) is 48.8 Å². The zero-order valence-corrected chi connectivity index (χ0v) is 14.4. The number of aromatic nitrogens is 1. The Hall–Kier alpha value is -3.86. The monoisotopic (exact) mass is 365 g/mol. The average molecular weight is 365 g/mol. The summed E-state index contributed by atoms with van der Waals surface area (Å²) in [5.41, 5.74) is 1.41. The van der Waals surface area contributed by atoms with Crippen molar-refractivity contribution in [3.05, 3.63) is 75.6 Å². The smallest absolute Gasteiger partial charge is 0.338 e. The molecule has 0 atom stereocenters. The first-order valence-electron chi connectivity index (χ1n) is 8.12. The highest BCUT2D eigenvalue weighted by Crippen LogP contribution is 2.28. The number of pyridine rings is 1. The lowest BCUT2D eigenvalue weighted by atomic mass is 10.1. The third-order valence-corrected chi connectivity index (χ3v) is 3.92. The number of esters is 1. The maximum Gasteiger partial charge on any atom is 0.338 e. The molecule has 3 aromatic rings. The van der Waals surface area contributed by atoms with Crippen molar-refractivity contribution in [2.24, 2.45) is 0 Å². The number of rotatable bonds is 6. The fourth-order valence-electron chi connectivity index (χ4n) is 2.71. The number of benzene rings is 1. The Kier molecular flexibility index (Phi) is 5.04. The molecule has 0 saturated carbocycles. The van der Waals surface area contributed by atoms with E-state index in [1.165, 1.54) is 12.1 Å². The molecule has 136 valence electrons. The van der Waals surface area contributed by atoms with Crippen molar-refractivity contribution >= 4 is 17.2 Å². The van der Waals surface area contributed by atoms with Crippen molar-refractivity contribution in [3.8, 4) is 11.8 Å². The van der Waals surface area contributed by atoms with E-state index in [0.29, 0.717) is 16.6 Å². The van der Waals surface area contributed by atoms with E-state index in [2.05, 4.69) is 6.07 Å². The van der Waals surface area contributed by atoms with Crippen LogP contribution in [0.2, 0.25) is 0 Å². The van der Waals surface area contributed by atoms with Gasteiger partial charge in [-0.05, 0) is 31.2 Å². The summed E-state index contributed by atoms with van der Waals surface area (Å²) < 4.78 is 12.2. The van der Waals surface area contributed by atoms with Crippen LogP contribution in [0.25, 0.3) is 5.52 Å². The summed E-state index contributed by atoms with van der Waals surface area (Å²) in [5, 5.41) is 20.5. The highest BCUT2D eigenvalue weighted by atomic mass is 16.6. The average Bonchev–Trinajstić information content (AvgIpc) is 3.04. The number of nitro benzene ring substituents is 1. The summed E-state index contributed by atoms with van der Waals surface area (Å²) in [6.07, 6.45) is 3.50. The Morgan fingerprint density at radius 3 is 2.85 bits per heavy atom. The van der Waals surface area contributed by atoms with Gasteiger partial charge in [0.05, 0.1) is 28.2 Å². The molecule has 0 amide bonds. The van der Waals surface area contributed by atoms with Gasteiger partial charge < -0.3 is 13.9 Å². The van der Waals surface area contributed by atoms with Crippen molar-refractivity contribution in [2.45, 2.75) is 13.5 Å². The highest BCUT2D eigenvalue weighted by Gasteiger charge is 2.20. The van der Waals surface area contributed by atoms with E-state index in [4.69, 9.17) is 9.47 Å². The number of fused-ring (bicyclic) bond motifs is 1. The molecular formula is C19H15N3O5. The number of nitriles is 1. The highest BCUT2D eigenvalue weighted by molar-refractivity contribution is 5.90. The molecule has 0 unspecified atom stereocenters. The normalized spacial score (nSPS) is 10.4. The summed E-state index contributed by atoms with van der Waals surface area (Å²) in [7, 11) is 0. The molecular weight excluding hydrogens is 350 g/mol. The molecule has 2 aromatic heterocycles. The van der Waals surface area contributed by atoms with E-state index in [0.717, 1.165) is 6.07 Å². The molecule has 1 aromatic carbocycles. The number of hydrogen-bond donors (Lipinski definition) is 0. The molecule has 8 heteroatoms. The number of ether oxygens (including phenoxy) is 2. The molecule has 0 bridgehead atoms. The van der Waals surface area contributed by atoms with Gasteiger partial charge in [-0.2, -0.15) is 5.26 Å². The summed E-state index contributed by atoms with van der Waals surface area (Å²) >= 11 is 0.